The topological polar surface area (TPSA) is 58.4 Å². The summed E-state index contributed by atoms with van der Waals surface area (Å²) in [6.07, 6.45) is 0.925. The van der Waals surface area contributed by atoms with Crippen LogP contribution in [0.1, 0.15) is 48.0 Å². The van der Waals surface area contributed by atoms with Crippen LogP contribution in [0.15, 0.2) is 0 Å². The summed E-state index contributed by atoms with van der Waals surface area (Å²) in [5.74, 6) is 0.186. The zero-order valence-electron chi connectivity index (χ0n) is 12.9. The van der Waals surface area contributed by atoms with Gasteiger partial charge in [0, 0.05) is 12.1 Å². The Kier molecular flexibility index (Phi) is 7.48. The van der Waals surface area contributed by atoms with Crippen LogP contribution < -0.4 is 11.1 Å². The Balaban J connectivity index is 4.35. The second-order valence-corrected chi connectivity index (χ2v) is 5.61. The number of carbonyl (C=O) groups is 1. The minimum atomic E-state index is -0.400. The molecule has 0 aliphatic rings. The van der Waals surface area contributed by atoms with Crippen molar-refractivity contribution in [3.05, 3.63) is 0 Å². The summed E-state index contributed by atoms with van der Waals surface area (Å²) < 4.78 is 0. The van der Waals surface area contributed by atoms with E-state index < -0.39 is 6.04 Å². The van der Waals surface area contributed by atoms with E-state index in [0.717, 1.165) is 19.5 Å². The van der Waals surface area contributed by atoms with Gasteiger partial charge in [0.25, 0.3) is 0 Å². The van der Waals surface area contributed by atoms with Crippen LogP contribution in [0.3, 0.4) is 0 Å². The molecule has 0 aromatic carbocycles. The highest BCUT2D eigenvalue weighted by atomic mass is 16.2. The minimum absolute atomic E-state index is 0.0334. The third-order valence-electron chi connectivity index (χ3n) is 3.87. The standard InChI is InChI=1S/C14H31N3O/c1-7-11(4)12(15)13(18)16-10-14(5,6)17(8-2)9-3/h11-12H,7-10,15H2,1-6H3,(H,16,18)/t11?,12-/m0/s1. The number of amides is 1. The molecule has 1 unspecified atom stereocenters. The van der Waals surface area contributed by atoms with Crippen molar-refractivity contribution in [2.24, 2.45) is 11.7 Å². The van der Waals surface area contributed by atoms with Crippen LogP contribution in [0, 0.1) is 5.92 Å². The van der Waals surface area contributed by atoms with Crippen LogP contribution in [0.4, 0.5) is 0 Å². The number of likely N-dealkylation sites (N-methyl/N-ethyl adjacent to an activating group) is 1. The first kappa shape index (κ1) is 17.4. The largest absolute Gasteiger partial charge is 0.353 e. The van der Waals surface area contributed by atoms with Crippen molar-refractivity contribution >= 4 is 5.91 Å². The molecule has 0 bridgehead atoms. The summed E-state index contributed by atoms with van der Waals surface area (Å²) in [6, 6.07) is -0.400. The van der Waals surface area contributed by atoms with E-state index in [2.05, 4.69) is 44.8 Å². The molecule has 0 aliphatic heterocycles. The number of nitrogens with zero attached hydrogens (tertiary/aromatic N) is 1. The summed E-state index contributed by atoms with van der Waals surface area (Å²) in [4.78, 5) is 14.3. The number of carbonyl (C=O) groups excluding carboxylic acids is 1. The van der Waals surface area contributed by atoms with E-state index in [4.69, 9.17) is 5.73 Å². The van der Waals surface area contributed by atoms with Crippen molar-refractivity contribution in [1.82, 2.24) is 10.2 Å². The lowest BCUT2D eigenvalue weighted by atomic mass is 9.98. The Morgan fingerprint density at radius 2 is 1.78 bits per heavy atom. The first-order chi connectivity index (χ1) is 8.30. The van der Waals surface area contributed by atoms with E-state index in [1.165, 1.54) is 0 Å². The fourth-order valence-electron chi connectivity index (χ4n) is 2.13. The number of hydrogen-bond acceptors (Lipinski definition) is 3. The Bertz CT molecular complexity index is 249. The van der Waals surface area contributed by atoms with Crippen molar-refractivity contribution in [2.75, 3.05) is 19.6 Å². The number of hydrogen-bond donors (Lipinski definition) is 2. The molecule has 4 nitrogen and oxygen atoms in total. The van der Waals surface area contributed by atoms with Crippen LogP contribution in [0.25, 0.3) is 0 Å². The van der Waals surface area contributed by atoms with Crippen LogP contribution in [0.5, 0.6) is 0 Å². The maximum absolute atomic E-state index is 11.9. The van der Waals surface area contributed by atoms with Gasteiger partial charge < -0.3 is 11.1 Å². The second-order valence-electron chi connectivity index (χ2n) is 5.61. The van der Waals surface area contributed by atoms with Gasteiger partial charge in [-0.05, 0) is 32.9 Å². The minimum Gasteiger partial charge on any atom is -0.353 e. The lowest BCUT2D eigenvalue weighted by Crippen LogP contribution is -2.54. The number of nitrogens with one attached hydrogen (secondary N) is 1. The Morgan fingerprint density at radius 1 is 1.28 bits per heavy atom. The zero-order chi connectivity index (χ0) is 14.3. The quantitative estimate of drug-likeness (QED) is 0.694. The smallest absolute Gasteiger partial charge is 0.237 e. The molecule has 2 atom stereocenters. The van der Waals surface area contributed by atoms with E-state index in [9.17, 15) is 4.79 Å². The van der Waals surface area contributed by atoms with E-state index in [1.807, 2.05) is 6.92 Å². The van der Waals surface area contributed by atoms with Gasteiger partial charge in [0.05, 0.1) is 6.04 Å². The van der Waals surface area contributed by atoms with Gasteiger partial charge in [0.1, 0.15) is 0 Å². The monoisotopic (exact) mass is 257 g/mol. The van der Waals surface area contributed by atoms with Gasteiger partial charge in [-0.25, -0.2) is 0 Å². The van der Waals surface area contributed by atoms with Crippen LogP contribution in [0.2, 0.25) is 0 Å². The molecule has 0 aromatic heterocycles. The highest BCUT2D eigenvalue weighted by Crippen LogP contribution is 2.13. The molecular formula is C14H31N3O. The molecule has 0 aliphatic carbocycles. The van der Waals surface area contributed by atoms with Crippen molar-refractivity contribution in [3.63, 3.8) is 0 Å². The Hall–Kier alpha value is -0.610. The molecule has 0 rings (SSSR count). The fraction of sp³-hybridized carbons (Fsp3) is 0.929. The third-order valence-corrected chi connectivity index (χ3v) is 3.87. The summed E-state index contributed by atoms with van der Waals surface area (Å²) in [5.41, 5.74) is 5.88. The molecule has 0 radical (unpaired) electrons. The molecule has 18 heavy (non-hydrogen) atoms. The van der Waals surface area contributed by atoms with Gasteiger partial charge in [-0.15, -0.1) is 0 Å². The predicted molar refractivity (Wildman–Crippen MR) is 77.4 cm³/mol. The molecular weight excluding hydrogens is 226 g/mol. The molecule has 0 saturated heterocycles. The summed E-state index contributed by atoms with van der Waals surface area (Å²) in [5, 5.41) is 2.98. The highest BCUT2D eigenvalue weighted by Gasteiger charge is 2.26. The number of nitrogens with two attached hydrogens (primary N) is 1. The average Bonchev–Trinajstić information content (AvgIpc) is 2.35. The fourth-order valence-corrected chi connectivity index (χ4v) is 2.13. The van der Waals surface area contributed by atoms with Gasteiger partial charge in [-0.3, -0.25) is 9.69 Å². The maximum atomic E-state index is 11.9. The normalized spacial score (nSPS) is 15.6. The van der Waals surface area contributed by atoms with E-state index in [0.29, 0.717) is 6.54 Å². The van der Waals surface area contributed by atoms with E-state index in [-0.39, 0.29) is 17.4 Å². The van der Waals surface area contributed by atoms with Gasteiger partial charge >= 0.3 is 0 Å². The Labute approximate surface area is 112 Å². The van der Waals surface area contributed by atoms with Crippen molar-refractivity contribution in [1.29, 1.82) is 0 Å². The van der Waals surface area contributed by atoms with E-state index >= 15 is 0 Å². The maximum Gasteiger partial charge on any atom is 0.237 e. The molecule has 0 saturated carbocycles. The second kappa shape index (κ2) is 7.74. The molecule has 3 N–H and O–H groups in total. The molecule has 0 aromatic rings. The first-order valence-electron chi connectivity index (χ1n) is 7.08. The van der Waals surface area contributed by atoms with Crippen LogP contribution >= 0.6 is 0 Å². The van der Waals surface area contributed by atoms with Crippen LogP contribution in [-0.4, -0.2) is 42.0 Å². The van der Waals surface area contributed by atoms with Gasteiger partial charge in [-0.1, -0.05) is 34.1 Å². The van der Waals surface area contributed by atoms with Gasteiger partial charge in [-0.2, -0.15) is 0 Å². The number of rotatable bonds is 8. The van der Waals surface area contributed by atoms with Gasteiger partial charge in [0.15, 0.2) is 0 Å². The SMILES string of the molecule is CCC(C)[C@H](N)C(=O)NCC(C)(C)N(CC)CC. The van der Waals surface area contributed by atoms with Gasteiger partial charge in [0.2, 0.25) is 5.91 Å². The van der Waals surface area contributed by atoms with Crippen molar-refractivity contribution in [3.8, 4) is 0 Å². The molecule has 0 spiro atoms. The lowest BCUT2D eigenvalue weighted by molar-refractivity contribution is -0.124. The predicted octanol–water partition coefficient (Wildman–Crippen LogP) is 1.60. The molecule has 4 heteroatoms. The lowest BCUT2D eigenvalue weighted by Gasteiger charge is -2.37. The van der Waals surface area contributed by atoms with Crippen LogP contribution in [-0.2, 0) is 4.79 Å². The molecule has 108 valence electrons. The molecule has 0 fully saturated rings. The highest BCUT2D eigenvalue weighted by molar-refractivity contribution is 5.81. The first-order valence-corrected chi connectivity index (χ1v) is 7.08. The van der Waals surface area contributed by atoms with E-state index in [1.54, 1.807) is 0 Å². The summed E-state index contributed by atoms with van der Waals surface area (Å²) >= 11 is 0. The van der Waals surface area contributed by atoms with Crippen molar-refractivity contribution in [2.45, 2.75) is 59.5 Å². The average molecular weight is 257 g/mol. The summed E-state index contributed by atoms with van der Waals surface area (Å²) in [6.45, 7) is 15.2. The Morgan fingerprint density at radius 3 is 2.17 bits per heavy atom. The third kappa shape index (κ3) is 4.94. The van der Waals surface area contributed by atoms with Crippen molar-refractivity contribution < 1.29 is 4.79 Å². The molecule has 1 amide bonds. The summed E-state index contributed by atoms with van der Waals surface area (Å²) in [7, 11) is 0. The molecule has 0 heterocycles. The zero-order valence-corrected chi connectivity index (χ0v) is 12.9.